The molecule has 4 aliphatic rings. The number of fused-ring (bicyclic) bond motifs is 30. The van der Waals surface area contributed by atoms with E-state index in [0.29, 0.717) is 0 Å². The van der Waals surface area contributed by atoms with Crippen molar-refractivity contribution in [2.45, 2.75) is 162 Å². The summed E-state index contributed by atoms with van der Waals surface area (Å²) < 4.78 is 7.20. The van der Waals surface area contributed by atoms with Crippen molar-refractivity contribution in [3.63, 3.8) is 0 Å². The Hall–Kier alpha value is -14.9. The normalized spacial score (nSPS) is 11.8. The minimum absolute atomic E-state index is 0.00744. The van der Waals surface area contributed by atoms with Gasteiger partial charge in [-0.2, -0.15) is 0 Å². The third-order valence-corrected chi connectivity index (χ3v) is 24.6. The van der Waals surface area contributed by atoms with E-state index in [1.54, 1.807) is 17.6 Å². The van der Waals surface area contributed by atoms with Crippen LogP contribution in [0.3, 0.4) is 0 Å². The molecular weight excluding hydrogens is 1620 g/mol. The van der Waals surface area contributed by atoms with Crippen LogP contribution in [0.4, 0.5) is 0 Å². The van der Waals surface area contributed by atoms with Gasteiger partial charge in [-0.15, -0.1) is 0 Å². The highest BCUT2D eigenvalue weighted by Crippen LogP contribution is 2.46. The third kappa shape index (κ3) is 14.7. The van der Waals surface area contributed by atoms with Gasteiger partial charge in [-0.25, -0.2) is 19.9 Å². The molecule has 28 rings (SSSR count). The summed E-state index contributed by atoms with van der Waals surface area (Å²) in [6.45, 7) is 33.0. The summed E-state index contributed by atoms with van der Waals surface area (Å²) in [6.07, 6.45) is 8.62. The number of pyridine rings is 4. The maximum Gasteiger partial charge on any atom is 0.264 e. The number of rotatable bonds is 0. The average molecular weight is 1730 g/mol. The number of hydrogen-bond acceptors (Lipinski definition) is 8. The van der Waals surface area contributed by atoms with Crippen molar-refractivity contribution in [1.29, 1.82) is 0 Å². The smallest absolute Gasteiger partial charge is 0.264 e. The first kappa shape index (κ1) is 89.1. The average Bonchev–Trinajstić information content (AvgIpc) is 1.56. The van der Waals surface area contributed by atoms with Crippen LogP contribution in [0.2, 0.25) is 0 Å². The Bertz CT molecular complexity index is 8580. The summed E-state index contributed by atoms with van der Waals surface area (Å²) in [5.41, 5.74) is 30.6. The van der Waals surface area contributed by atoms with E-state index in [4.69, 9.17) is 19.9 Å². The summed E-state index contributed by atoms with van der Waals surface area (Å²) in [7, 11) is 0. The van der Waals surface area contributed by atoms with Gasteiger partial charge in [-0.1, -0.05) is 367 Å². The molecule has 0 atom stereocenters. The van der Waals surface area contributed by atoms with Gasteiger partial charge >= 0.3 is 0 Å². The molecule has 0 radical (unpaired) electrons. The van der Waals surface area contributed by atoms with Gasteiger partial charge in [-0.05, 0) is 185 Å². The zero-order chi connectivity index (χ0) is 92.4. The van der Waals surface area contributed by atoms with Crippen LogP contribution in [0.25, 0.3) is 197 Å². The first-order chi connectivity index (χ1) is 64.9. The van der Waals surface area contributed by atoms with Crippen LogP contribution in [-0.2, 0) is 25.7 Å². The Morgan fingerprint density at radius 2 is 0.515 bits per heavy atom. The van der Waals surface area contributed by atoms with Gasteiger partial charge in [0.15, 0.2) is 0 Å². The van der Waals surface area contributed by atoms with Crippen molar-refractivity contribution >= 4 is 153 Å². The van der Waals surface area contributed by atoms with Crippen molar-refractivity contribution in [3.05, 3.63) is 377 Å². The maximum absolute atomic E-state index is 13.4. The van der Waals surface area contributed by atoms with Gasteiger partial charge in [0.1, 0.15) is 22.6 Å². The van der Waals surface area contributed by atoms with E-state index in [-0.39, 0.29) is 22.2 Å². The standard InChI is InChI=1S/4C25H14N2O.4C3H8.4C2H6/c28-25-19-10-4-7-14-6-3-9-18(23(14)19)24-26-21-13-20-16(12-22(21)27(24)25)11-15-5-1-2-8-17(15)20;28-25-19-10-4-7-14-6-3-9-18(23(14)19)24-26-21-12-16-11-15-5-1-2-8-17(15)20(16)13-22(21)27(24)25;28-25-19-10-4-7-14-6-3-9-18(21(14)19)24-26-23-20(27(24)25)12-11-16-13-15-5-1-2-8-17(15)22(16)23;28-25-19-10-4-7-14-6-3-9-18(22(14)19)24-26-23-20-13-15-5-1-2-8-16(15)17(20)11-12-21(23)27(24)25;4*1-3-2;4*1-2/h2*1-10,12-13H,11H2;2*1-12H,13H2;4*3H2,1-2H3;4*1-2H3. The molecule has 0 bridgehead atoms. The first-order valence-electron chi connectivity index (χ1n) is 47.7. The molecule has 8 heterocycles. The van der Waals surface area contributed by atoms with Crippen molar-refractivity contribution in [2.75, 3.05) is 0 Å². The molecule has 0 unspecified atom stereocenters. The van der Waals surface area contributed by atoms with Gasteiger partial charge in [0, 0.05) is 76.6 Å². The number of imidazole rings is 4. The van der Waals surface area contributed by atoms with Crippen LogP contribution in [0.1, 0.15) is 181 Å². The fraction of sp³-hybridized carbons (Fsp3) is 0.200. The number of aromatic nitrogens is 8. The molecule has 12 nitrogen and oxygen atoms in total. The lowest BCUT2D eigenvalue weighted by atomic mass is 10.0. The van der Waals surface area contributed by atoms with E-state index < -0.39 is 0 Å². The first-order valence-corrected chi connectivity index (χ1v) is 47.7. The van der Waals surface area contributed by atoms with Gasteiger partial charge in [0.25, 0.3) is 22.2 Å². The fourth-order valence-corrected chi connectivity index (χ4v) is 19.8. The van der Waals surface area contributed by atoms with Crippen molar-refractivity contribution in [3.8, 4) is 44.5 Å². The lowest BCUT2D eigenvalue weighted by molar-refractivity contribution is 1.09. The van der Waals surface area contributed by atoms with Crippen molar-refractivity contribution in [2.24, 2.45) is 0 Å². The number of benzene rings is 16. The quantitative estimate of drug-likeness (QED) is 0.146. The molecule has 132 heavy (non-hydrogen) atoms. The highest BCUT2D eigenvalue weighted by Gasteiger charge is 2.30. The van der Waals surface area contributed by atoms with Crippen LogP contribution < -0.4 is 22.2 Å². The van der Waals surface area contributed by atoms with E-state index in [1.807, 2.05) is 128 Å². The van der Waals surface area contributed by atoms with Crippen molar-refractivity contribution < 1.29 is 0 Å². The number of nitrogens with zero attached hydrogens (tertiary/aromatic N) is 8. The highest BCUT2D eigenvalue weighted by molar-refractivity contribution is 6.20. The van der Waals surface area contributed by atoms with Crippen LogP contribution in [-0.4, -0.2) is 37.5 Å². The van der Waals surface area contributed by atoms with Crippen LogP contribution >= 0.6 is 0 Å². The molecule has 656 valence electrons. The highest BCUT2D eigenvalue weighted by atomic mass is 16.1. The Morgan fingerprint density at radius 1 is 0.227 bits per heavy atom. The predicted octanol–water partition coefficient (Wildman–Crippen LogP) is 30.4. The molecule has 12 heteroatoms. The minimum atomic E-state index is 0.00744. The summed E-state index contributed by atoms with van der Waals surface area (Å²) >= 11 is 0. The molecule has 8 aromatic heterocycles. The Kier molecular flexibility index (Phi) is 25.7. The van der Waals surface area contributed by atoms with Gasteiger partial charge in [0.2, 0.25) is 0 Å². The second-order valence-corrected chi connectivity index (χ2v) is 33.2. The lowest BCUT2D eigenvalue weighted by Gasteiger charge is -2.07. The monoisotopic (exact) mass is 1730 g/mol. The van der Waals surface area contributed by atoms with Crippen LogP contribution in [0.15, 0.2) is 310 Å². The molecule has 0 saturated heterocycles. The second-order valence-electron chi connectivity index (χ2n) is 33.2. The Labute approximate surface area is 769 Å². The largest absolute Gasteiger partial charge is 0.268 e. The van der Waals surface area contributed by atoms with Crippen molar-refractivity contribution in [1.82, 2.24) is 37.5 Å². The van der Waals surface area contributed by atoms with E-state index >= 15 is 0 Å². The van der Waals surface area contributed by atoms with E-state index in [1.165, 1.54) is 115 Å². The molecular formula is C120H112N8O4. The topological polar surface area (TPSA) is 137 Å². The van der Waals surface area contributed by atoms with E-state index in [9.17, 15) is 19.2 Å². The molecule has 0 saturated carbocycles. The SMILES string of the molecule is CC.CC.CC.CC.CCC.CCC.CCC.CCC.O=c1c2cccc3cccc(c32)c2nc3c4c(ccc3n12)-c1ccccc1C4.O=c1c2cccc3cccc(c32)c2nc3c4c(ccc3n12)Cc1ccccc1-4.O=c1c2cccc3cccc(c32)c2nc3cc4c(cc3n12)-c1ccccc1C4.O=c1c2cccc3cccc(c32)c2nc3cc4c(cc3n12)Cc1ccccc1-4. The predicted molar refractivity (Wildman–Crippen MR) is 563 cm³/mol. The van der Waals surface area contributed by atoms with Crippen LogP contribution in [0, 0.1) is 0 Å². The molecule has 0 fully saturated rings. The van der Waals surface area contributed by atoms with Gasteiger partial charge in [0.05, 0.1) is 44.1 Å². The summed E-state index contributed by atoms with van der Waals surface area (Å²) in [5, 5.41) is 15.5. The molecule has 4 aliphatic carbocycles. The lowest BCUT2D eigenvalue weighted by Crippen LogP contribution is -2.13. The summed E-state index contributed by atoms with van der Waals surface area (Å²) in [6, 6.07) is 99.5. The number of hydrogen-bond donors (Lipinski definition) is 0. The summed E-state index contributed by atoms with van der Waals surface area (Å²) in [4.78, 5) is 73.6. The fourth-order valence-electron chi connectivity index (χ4n) is 19.8. The molecule has 0 amide bonds. The van der Waals surface area contributed by atoms with Crippen LogP contribution in [0.5, 0.6) is 0 Å². The van der Waals surface area contributed by atoms with Gasteiger partial charge < -0.3 is 0 Å². The Morgan fingerprint density at radius 3 is 0.924 bits per heavy atom. The zero-order valence-electron chi connectivity index (χ0n) is 78.6. The molecule has 0 spiro atoms. The zero-order valence-corrected chi connectivity index (χ0v) is 78.6. The minimum Gasteiger partial charge on any atom is -0.268 e. The molecule has 16 aromatic carbocycles. The van der Waals surface area contributed by atoms with Gasteiger partial charge in [-0.3, -0.25) is 36.8 Å². The molecule has 0 N–H and O–H groups in total. The molecule has 0 aliphatic heterocycles. The summed E-state index contributed by atoms with van der Waals surface area (Å²) in [5.74, 6) is 0. The maximum atomic E-state index is 13.4. The van der Waals surface area contributed by atoms with E-state index in [2.05, 4.69) is 274 Å². The van der Waals surface area contributed by atoms with E-state index in [0.717, 1.165) is 179 Å². The second kappa shape index (κ2) is 38.0. The Balaban J connectivity index is 0.000000115. The molecule has 24 aromatic rings. The third-order valence-electron chi connectivity index (χ3n) is 24.6.